The summed E-state index contributed by atoms with van der Waals surface area (Å²) in [7, 11) is 0.165. The van der Waals surface area contributed by atoms with Gasteiger partial charge in [0, 0.05) is 0 Å². The maximum absolute atomic E-state index is 2.74. The molecule has 1 heteroatoms. The van der Waals surface area contributed by atoms with Crippen LogP contribution in [0.4, 0.5) is 0 Å². The lowest BCUT2D eigenvalue weighted by atomic mass is 9.90. The molecule has 0 aliphatic heterocycles. The fourth-order valence-electron chi connectivity index (χ4n) is 5.44. The van der Waals surface area contributed by atoms with E-state index in [1.807, 2.05) is 0 Å². The standard InChI is InChI=1S/C32H63P/c1-3-5-7-9-11-13-15-17-19-24-29-33(31-28-32-26-22-21-23-27-32)30-25-20-18-16-14-12-10-8-6-4-2/h28,31-32H,3-27,29-30H2,1-2H3/b31-28+. The quantitative estimate of drug-likeness (QED) is 0.0955. The van der Waals surface area contributed by atoms with Crippen molar-refractivity contribution < 1.29 is 0 Å². The summed E-state index contributed by atoms with van der Waals surface area (Å²) in [5.41, 5.74) is 0. The van der Waals surface area contributed by atoms with E-state index in [0.717, 1.165) is 5.92 Å². The molecule has 0 unspecified atom stereocenters. The minimum Gasteiger partial charge on any atom is -0.0836 e. The van der Waals surface area contributed by atoms with Crippen molar-refractivity contribution in [3.63, 3.8) is 0 Å². The topological polar surface area (TPSA) is 0 Å². The highest BCUT2D eigenvalue weighted by molar-refractivity contribution is 7.60. The number of rotatable bonds is 24. The van der Waals surface area contributed by atoms with Gasteiger partial charge in [0.1, 0.15) is 0 Å². The van der Waals surface area contributed by atoms with Gasteiger partial charge in [0.2, 0.25) is 0 Å². The monoisotopic (exact) mass is 478 g/mol. The summed E-state index contributed by atoms with van der Waals surface area (Å²) in [5.74, 6) is 3.66. The smallest absolute Gasteiger partial charge is 0.0230 e. The van der Waals surface area contributed by atoms with Crippen molar-refractivity contribution in [2.75, 3.05) is 12.3 Å². The average molecular weight is 479 g/mol. The molecule has 1 aliphatic rings. The van der Waals surface area contributed by atoms with Crippen LogP contribution in [0.15, 0.2) is 11.9 Å². The van der Waals surface area contributed by atoms with E-state index in [1.165, 1.54) is 173 Å². The summed E-state index contributed by atoms with van der Waals surface area (Å²) in [5, 5.41) is 0. The Morgan fingerprint density at radius 1 is 0.485 bits per heavy atom. The molecular formula is C32H63P. The Hall–Kier alpha value is 0.170. The van der Waals surface area contributed by atoms with Gasteiger partial charge in [-0.3, -0.25) is 0 Å². The van der Waals surface area contributed by atoms with Gasteiger partial charge in [0.15, 0.2) is 0 Å². The normalized spacial score (nSPS) is 15.2. The highest BCUT2D eigenvalue weighted by Crippen LogP contribution is 2.41. The second-order valence-electron chi connectivity index (χ2n) is 11.1. The van der Waals surface area contributed by atoms with Crippen molar-refractivity contribution in [1.82, 2.24) is 0 Å². The first kappa shape index (κ1) is 31.2. The molecule has 0 N–H and O–H groups in total. The van der Waals surface area contributed by atoms with Crippen LogP contribution in [-0.2, 0) is 0 Å². The SMILES string of the molecule is CCCCCCCCCCCCP(/C=C/C1CCCCC1)CCCCCCCCCCCC. The van der Waals surface area contributed by atoms with Crippen LogP contribution in [0.2, 0.25) is 0 Å². The fraction of sp³-hybridized carbons (Fsp3) is 0.938. The molecule has 1 saturated carbocycles. The summed E-state index contributed by atoms with van der Waals surface area (Å²) >= 11 is 0. The molecule has 0 atom stereocenters. The van der Waals surface area contributed by atoms with Crippen molar-refractivity contribution in [2.24, 2.45) is 5.92 Å². The predicted octanol–water partition coefficient (Wildman–Crippen LogP) is 12.4. The van der Waals surface area contributed by atoms with E-state index in [-0.39, 0.29) is 7.92 Å². The van der Waals surface area contributed by atoms with Crippen molar-refractivity contribution in [3.8, 4) is 0 Å². The minimum absolute atomic E-state index is 0.165. The molecule has 33 heavy (non-hydrogen) atoms. The van der Waals surface area contributed by atoms with E-state index in [1.54, 1.807) is 0 Å². The lowest BCUT2D eigenvalue weighted by Gasteiger charge is -2.20. The largest absolute Gasteiger partial charge is 0.0836 e. The summed E-state index contributed by atoms with van der Waals surface area (Å²) < 4.78 is 0. The Balaban J connectivity index is 2.12. The third-order valence-electron chi connectivity index (χ3n) is 7.82. The van der Waals surface area contributed by atoms with Gasteiger partial charge in [-0.05, 0) is 43.9 Å². The van der Waals surface area contributed by atoms with Crippen LogP contribution in [0.5, 0.6) is 0 Å². The molecule has 0 bridgehead atoms. The third kappa shape index (κ3) is 21.2. The van der Waals surface area contributed by atoms with E-state index in [0.29, 0.717) is 0 Å². The first-order valence-corrected chi connectivity index (χ1v) is 17.6. The molecule has 0 nitrogen and oxygen atoms in total. The van der Waals surface area contributed by atoms with Crippen molar-refractivity contribution >= 4 is 7.92 Å². The Morgan fingerprint density at radius 3 is 1.24 bits per heavy atom. The van der Waals surface area contributed by atoms with E-state index in [9.17, 15) is 0 Å². The highest BCUT2D eigenvalue weighted by atomic mass is 31.1. The average Bonchev–Trinajstić information content (AvgIpc) is 2.85. The first-order chi connectivity index (χ1) is 16.4. The van der Waals surface area contributed by atoms with Gasteiger partial charge in [0.05, 0.1) is 0 Å². The molecule has 0 saturated heterocycles. The lowest BCUT2D eigenvalue weighted by molar-refractivity contribution is 0.420. The molecule has 0 aromatic heterocycles. The zero-order chi connectivity index (χ0) is 23.7. The lowest BCUT2D eigenvalue weighted by Crippen LogP contribution is -2.02. The Morgan fingerprint density at radius 2 is 0.848 bits per heavy atom. The molecule has 0 aromatic rings. The van der Waals surface area contributed by atoms with E-state index in [2.05, 4.69) is 25.7 Å². The van der Waals surface area contributed by atoms with Gasteiger partial charge in [0.25, 0.3) is 0 Å². The number of unbranched alkanes of at least 4 members (excludes halogenated alkanes) is 18. The van der Waals surface area contributed by atoms with Gasteiger partial charge in [-0.15, -0.1) is 0 Å². The predicted molar refractivity (Wildman–Crippen MR) is 156 cm³/mol. The molecule has 1 fully saturated rings. The van der Waals surface area contributed by atoms with E-state index in [4.69, 9.17) is 0 Å². The second kappa shape index (κ2) is 25.3. The Labute approximate surface area is 212 Å². The summed E-state index contributed by atoms with van der Waals surface area (Å²) in [6, 6.07) is 0. The van der Waals surface area contributed by atoms with Crippen LogP contribution in [0, 0.1) is 5.92 Å². The molecule has 0 amide bonds. The number of hydrogen-bond donors (Lipinski definition) is 0. The fourth-order valence-corrected chi connectivity index (χ4v) is 7.70. The van der Waals surface area contributed by atoms with Gasteiger partial charge >= 0.3 is 0 Å². The molecule has 0 aromatic carbocycles. The third-order valence-corrected chi connectivity index (χ3v) is 10.2. The van der Waals surface area contributed by atoms with Gasteiger partial charge in [-0.2, -0.15) is 0 Å². The van der Waals surface area contributed by atoms with Crippen LogP contribution in [-0.4, -0.2) is 12.3 Å². The molecule has 1 aliphatic carbocycles. The molecular weight excluding hydrogens is 415 g/mol. The zero-order valence-corrected chi connectivity index (χ0v) is 24.2. The van der Waals surface area contributed by atoms with Gasteiger partial charge in [-0.25, -0.2) is 0 Å². The highest BCUT2D eigenvalue weighted by Gasteiger charge is 2.11. The van der Waals surface area contributed by atoms with E-state index < -0.39 is 0 Å². The number of hydrogen-bond acceptors (Lipinski definition) is 0. The molecule has 0 spiro atoms. The summed E-state index contributed by atoms with van der Waals surface area (Å²) in [4.78, 5) is 0. The Bertz CT molecular complexity index is 371. The van der Waals surface area contributed by atoms with E-state index >= 15 is 0 Å². The molecule has 1 rings (SSSR count). The summed E-state index contributed by atoms with van der Waals surface area (Å²) in [6.07, 6.45) is 42.4. The minimum atomic E-state index is 0.165. The maximum atomic E-state index is 2.74. The van der Waals surface area contributed by atoms with Crippen LogP contribution < -0.4 is 0 Å². The molecule has 0 heterocycles. The van der Waals surface area contributed by atoms with Crippen LogP contribution in [0.1, 0.15) is 174 Å². The number of allylic oxidation sites excluding steroid dienone is 1. The zero-order valence-electron chi connectivity index (χ0n) is 23.3. The van der Waals surface area contributed by atoms with Crippen LogP contribution >= 0.6 is 7.92 Å². The summed E-state index contributed by atoms with van der Waals surface area (Å²) in [6.45, 7) is 4.63. The second-order valence-corrected chi connectivity index (χ2v) is 13.5. The van der Waals surface area contributed by atoms with Crippen LogP contribution in [0.3, 0.4) is 0 Å². The first-order valence-electron chi connectivity index (χ1n) is 15.8. The van der Waals surface area contributed by atoms with Crippen molar-refractivity contribution in [3.05, 3.63) is 11.9 Å². The Kier molecular flexibility index (Phi) is 23.9. The van der Waals surface area contributed by atoms with Gasteiger partial charge in [-0.1, -0.05) is 168 Å². The van der Waals surface area contributed by atoms with Crippen molar-refractivity contribution in [2.45, 2.75) is 174 Å². The van der Waals surface area contributed by atoms with Gasteiger partial charge < -0.3 is 0 Å². The van der Waals surface area contributed by atoms with Crippen LogP contribution in [0.25, 0.3) is 0 Å². The molecule has 196 valence electrons. The maximum Gasteiger partial charge on any atom is -0.0230 e. The molecule has 0 radical (unpaired) electrons. The van der Waals surface area contributed by atoms with Crippen molar-refractivity contribution in [1.29, 1.82) is 0 Å².